The average Bonchev–Trinajstić information content (AvgIpc) is 3.36. The van der Waals surface area contributed by atoms with Gasteiger partial charge in [0.25, 0.3) is 0 Å². The average molecular weight is 392 g/mol. The maximum Gasteiger partial charge on any atom is 0.348 e. The summed E-state index contributed by atoms with van der Waals surface area (Å²) in [7, 11) is 0. The Morgan fingerprint density at radius 1 is 1.15 bits per heavy atom. The van der Waals surface area contributed by atoms with E-state index in [9.17, 15) is 9.59 Å². The van der Waals surface area contributed by atoms with Crippen molar-refractivity contribution in [2.45, 2.75) is 87.9 Å². The summed E-state index contributed by atoms with van der Waals surface area (Å²) in [5.74, 6) is 0.396. The van der Waals surface area contributed by atoms with E-state index >= 15 is 0 Å². The van der Waals surface area contributed by atoms with E-state index in [0.29, 0.717) is 18.3 Å². The van der Waals surface area contributed by atoms with Crippen molar-refractivity contribution in [3.05, 3.63) is 21.7 Å². The van der Waals surface area contributed by atoms with Crippen LogP contribution in [0.1, 0.15) is 62.6 Å². The van der Waals surface area contributed by atoms with Gasteiger partial charge in [-0.15, -0.1) is 0 Å². The predicted octanol–water partition coefficient (Wildman–Crippen LogP) is 2.45. The summed E-state index contributed by atoms with van der Waals surface area (Å²) in [4.78, 5) is 29.3. The lowest BCUT2D eigenvalue weighted by molar-refractivity contribution is -0.119. The monoisotopic (exact) mass is 391 g/mol. The number of fused-ring (bicyclic) bond motifs is 1. The Balaban J connectivity index is 1.48. The maximum atomic E-state index is 12.7. The van der Waals surface area contributed by atoms with Gasteiger partial charge >= 0.3 is 5.69 Å². The predicted molar refractivity (Wildman–Crippen MR) is 105 cm³/mol. The number of amides is 1. The molecule has 1 atom stereocenters. The first-order valence-corrected chi connectivity index (χ1v) is 11.4. The summed E-state index contributed by atoms with van der Waals surface area (Å²) in [5.41, 5.74) is 2.11. The number of nitrogens with one attached hydrogen (secondary N) is 1. The lowest BCUT2D eigenvalue weighted by Crippen LogP contribution is -2.35. The van der Waals surface area contributed by atoms with Crippen LogP contribution in [0, 0.1) is 0 Å². The number of hydrogen-bond acceptors (Lipinski definition) is 5. The SMILES string of the molecule is O=C(CSc1nc(=O)n(C[C@H]2CCCO2)c2c1CCCC2)NC1CCCC1. The van der Waals surface area contributed by atoms with E-state index < -0.39 is 0 Å². The fourth-order valence-corrected chi connectivity index (χ4v) is 5.41. The highest BCUT2D eigenvalue weighted by Crippen LogP contribution is 2.29. The molecule has 4 rings (SSSR count). The van der Waals surface area contributed by atoms with Gasteiger partial charge in [-0.25, -0.2) is 4.79 Å². The van der Waals surface area contributed by atoms with E-state index in [4.69, 9.17) is 4.74 Å². The van der Waals surface area contributed by atoms with Crippen LogP contribution in [0.2, 0.25) is 0 Å². The quantitative estimate of drug-likeness (QED) is 0.596. The summed E-state index contributed by atoms with van der Waals surface area (Å²) in [6.45, 7) is 1.40. The Morgan fingerprint density at radius 2 is 1.96 bits per heavy atom. The van der Waals surface area contributed by atoms with Crippen LogP contribution in [-0.4, -0.2) is 40.0 Å². The number of thioether (sulfide) groups is 1. The van der Waals surface area contributed by atoms with Crippen LogP contribution in [0.5, 0.6) is 0 Å². The molecule has 0 aromatic carbocycles. The standard InChI is InChI=1S/C20H29N3O3S/c24-18(21-14-6-1-2-7-14)13-27-19-16-9-3-4-10-17(16)23(20(25)22-19)12-15-8-5-11-26-15/h14-15H,1-13H2,(H,21,24)/t15-/m1/s1. The van der Waals surface area contributed by atoms with E-state index in [1.165, 1.54) is 30.2 Å². The second-order valence-electron chi connectivity index (χ2n) is 7.92. The zero-order valence-electron chi connectivity index (χ0n) is 15.9. The van der Waals surface area contributed by atoms with E-state index in [1.807, 2.05) is 4.57 Å². The van der Waals surface area contributed by atoms with Gasteiger partial charge in [-0.2, -0.15) is 4.98 Å². The van der Waals surface area contributed by atoms with Gasteiger partial charge in [0.05, 0.1) is 18.4 Å². The summed E-state index contributed by atoms with van der Waals surface area (Å²) in [6, 6.07) is 0.333. The maximum absolute atomic E-state index is 12.7. The highest BCUT2D eigenvalue weighted by atomic mass is 32.2. The first-order chi connectivity index (χ1) is 13.2. The molecule has 0 spiro atoms. The first kappa shape index (κ1) is 19.0. The fraction of sp³-hybridized carbons (Fsp3) is 0.750. The third-order valence-corrected chi connectivity index (χ3v) is 6.94. The van der Waals surface area contributed by atoms with Crippen LogP contribution in [0.15, 0.2) is 9.82 Å². The summed E-state index contributed by atoms with van der Waals surface area (Å²) in [6.07, 6.45) is 10.9. The van der Waals surface area contributed by atoms with Crippen LogP contribution in [-0.2, 0) is 28.9 Å². The molecular formula is C20H29N3O3S. The zero-order chi connectivity index (χ0) is 18.6. The van der Waals surface area contributed by atoms with Gasteiger partial charge in [0.1, 0.15) is 5.03 Å². The number of aromatic nitrogens is 2. The van der Waals surface area contributed by atoms with Crippen LogP contribution in [0.3, 0.4) is 0 Å². The summed E-state index contributed by atoms with van der Waals surface area (Å²) in [5, 5.41) is 3.88. The molecule has 1 saturated carbocycles. The molecule has 1 amide bonds. The minimum absolute atomic E-state index is 0.0572. The Labute approximate surface area is 164 Å². The third kappa shape index (κ3) is 4.57. The van der Waals surface area contributed by atoms with E-state index in [-0.39, 0.29) is 17.7 Å². The number of nitrogens with zero attached hydrogens (tertiary/aromatic N) is 2. The van der Waals surface area contributed by atoms with Crippen molar-refractivity contribution < 1.29 is 9.53 Å². The Kier molecular flexibility index (Phi) is 6.18. The molecule has 1 aromatic rings. The van der Waals surface area contributed by atoms with Crippen molar-refractivity contribution in [2.75, 3.05) is 12.4 Å². The van der Waals surface area contributed by atoms with E-state index in [1.54, 1.807) is 0 Å². The molecule has 1 aromatic heterocycles. The minimum Gasteiger partial charge on any atom is -0.376 e. The normalized spacial score (nSPS) is 22.7. The van der Waals surface area contributed by atoms with Gasteiger partial charge in [-0.1, -0.05) is 24.6 Å². The lowest BCUT2D eigenvalue weighted by atomic mass is 9.97. The van der Waals surface area contributed by atoms with Gasteiger partial charge < -0.3 is 10.1 Å². The molecule has 2 aliphatic carbocycles. The second-order valence-corrected chi connectivity index (χ2v) is 8.88. The van der Waals surface area contributed by atoms with Crippen molar-refractivity contribution in [1.82, 2.24) is 14.9 Å². The molecule has 148 valence electrons. The molecule has 1 saturated heterocycles. The highest BCUT2D eigenvalue weighted by molar-refractivity contribution is 7.99. The second kappa shape index (κ2) is 8.78. The molecule has 6 nitrogen and oxygen atoms in total. The minimum atomic E-state index is -0.190. The third-order valence-electron chi connectivity index (χ3n) is 5.92. The van der Waals surface area contributed by atoms with Gasteiger partial charge in [0.2, 0.25) is 5.91 Å². The van der Waals surface area contributed by atoms with Gasteiger partial charge in [0.15, 0.2) is 0 Å². The first-order valence-electron chi connectivity index (χ1n) is 10.4. The van der Waals surface area contributed by atoms with Gasteiger partial charge in [-0.05, 0) is 51.4 Å². The summed E-state index contributed by atoms with van der Waals surface area (Å²) < 4.78 is 7.57. The van der Waals surface area contributed by atoms with Crippen molar-refractivity contribution in [1.29, 1.82) is 0 Å². The number of carbonyl (C=O) groups is 1. The van der Waals surface area contributed by atoms with Crippen LogP contribution in [0.4, 0.5) is 0 Å². The fourth-order valence-electron chi connectivity index (χ4n) is 4.52. The van der Waals surface area contributed by atoms with Crippen LogP contribution >= 0.6 is 11.8 Å². The van der Waals surface area contributed by atoms with Gasteiger partial charge in [0, 0.05) is 23.9 Å². The van der Waals surface area contributed by atoms with Crippen molar-refractivity contribution in [2.24, 2.45) is 0 Å². The number of carbonyl (C=O) groups excluding carboxylic acids is 1. The Morgan fingerprint density at radius 3 is 2.74 bits per heavy atom. The molecule has 1 aliphatic heterocycles. The highest BCUT2D eigenvalue weighted by Gasteiger charge is 2.24. The van der Waals surface area contributed by atoms with E-state index in [2.05, 4.69) is 10.3 Å². The van der Waals surface area contributed by atoms with Crippen LogP contribution in [0.25, 0.3) is 0 Å². The van der Waals surface area contributed by atoms with Crippen molar-refractivity contribution in [3.8, 4) is 0 Å². The number of rotatable bonds is 6. The molecule has 27 heavy (non-hydrogen) atoms. The van der Waals surface area contributed by atoms with Crippen molar-refractivity contribution >= 4 is 17.7 Å². The molecule has 1 N–H and O–H groups in total. The van der Waals surface area contributed by atoms with E-state index in [0.717, 1.165) is 68.7 Å². The Bertz CT molecular complexity index is 737. The largest absolute Gasteiger partial charge is 0.376 e. The molecule has 3 aliphatic rings. The molecule has 0 bridgehead atoms. The molecular weight excluding hydrogens is 362 g/mol. The molecule has 7 heteroatoms. The summed E-state index contributed by atoms with van der Waals surface area (Å²) >= 11 is 1.42. The van der Waals surface area contributed by atoms with Crippen molar-refractivity contribution in [3.63, 3.8) is 0 Å². The smallest absolute Gasteiger partial charge is 0.348 e. The van der Waals surface area contributed by atoms with Crippen LogP contribution < -0.4 is 11.0 Å². The molecule has 0 radical (unpaired) electrons. The molecule has 2 fully saturated rings. The number of ether oxygens (including phenoxy) is 1. The molecule has 0 unspecified atom stereocenters. The van der Waals surface area contributed by atoms with Gasteiger partial charge in [-0.3, -0.25) is 9.36 Å². The zero-order valence-corrected chi connectivity index (χ0v) is 16.7. The molecule has 2 heterocycles. The topological polar surface area (TPSA) is 73.2 Å². The number of hydrogen-bond donors (Lipinski definition) is 1. The lowest BCUT2D eigenvalue weighted by Gasteiger charge is -2.24. The Hall–Kier alpha value is -1.34.